The Morgan fingerprint density at radius 3 is 2.82 bits per heavy atom. The Kier molecular flexibility index (Phi) is 3.02. The molecule has 2 rings (SSSR count). The molecule has 0 aromatic rings. The van der Waals surface area contributed by atoms with Gasteiger partial charge in [0.05, 0.1) is 0 Å². The molecule has 0 nitrogen and oxygen atoms in total. The third kappa shape index (κ3) is 3.11. The third-order valence-corrected chi connectivity index (χ3v) is 5.84. The van der Waals surface area contributed by atoms with E-state index in [9.17, 15) is 0 Å². The summed E-state index contributed by atoms with van der Waals surface area (Å²) in [6.45, 7) is 2.34. The van der Waals surface area contributed by atoms with Gasteiger partial charge in [-0.15, -0.1) is 0 Å². The molecule has 2 heterocycles. The van der Waals surface area contributed by atoms with Gasteiger partial charge in [-0.2, -0.15) is 35.3 Å². The van der Waals surface area contributed by atoms with E-state index < -0.39 is 0 Å². The monoisotopic (exact) mass is 206 g/mol. The van der Waals surface area contributed by atoms with Crippen LogP contribution in [0.2, 0.25) is 0 Å². The van der Waals surface area contributed by atoms with E-state index >= 15 is 0 Å². The average Bonchev–Trinajstić information content (AvgIpc) is 2.81. The maximum Gasteiger partial charge on any atom is 0.0257 e. The average molecular weight is 206 g/mol. The van der Waals surface area contributed by atoms with Crippen LogP contribution in [-0.4, -0.2) is 33.0 Å². The Hall–Kier alpha value is 1.05. The molecule has 2 saturated heterocycles. The van der Waals surface area contributed by atoms with Crippen molar-refractivity contribution in [1.82, 2.24) is 0 Å². The smallest absolute Gasteiger partial charge is 0.0257 e. The molecule has 3 unspecified atom stereocenters. The quantitative estimate of drug-likeness (QED) is 0.501. The van der Waals surface area contributed by atoms with Crippen molar-refractivity contribution >= 4 is 35.3 Å². The Morgan fingerprint density at radius 1 is 1.55 bits per heavy atom. The van der Waals surface area contributed by atoms with Crippen LogP contribution >= 0.6 is 35.3 Å². The van der Waals surface area contributed by atoms with Gasteiger partial charge in [-0.25, -0.2) is 0 Å². The van der Waals surface area contributed by atoms with Crippen LogP contribution in [0.3, 0.4) is 0 Å². The lowest BCUT2D eigenvalue weighted by molar-refractivity contribution is 0.988. The number of rotatable bonds is 5. The van der Waals surface area contributed by atoms with Gasteiger partial charge in [0.15, 0.2) is 0 Å². The van der Waals surface area contributed by atoms with Gasteiger partial charge in [-0.05, 0) is 12.2 Å². The largest absolute Gasteiger partial charge is 0.161 e. The molecule has 64 valence electrons. The van der Waals surface area contributed by atoms with Crippen molar-refractivity contribution in [3.05, 3.63) is 0 Å². The standard InChI is InChI=1S/C8H14S3/c1-6-8(11-6)5-9-3-2-7-4-10-7/h6-8H,2-5H2,1H3. The Labute approximate surface area is 81.7 Å². The molecule has 0 aromatic carbocycles. The van der Waals surface area contributed by atoms with E-state index in [4.69, 9.17) is 0 Å². The fraction of sp³-hybridized carbons (Fsp3) is 1.00. The topological polar surface area (TPSA) is 0 Å². The van der Waals surface area contributed by atoms with Crippen LogP contribution in [0.4, 0.5) is 0 Å². The Bertz CT molecular complexity index is 133. The zero-order chi connectivity index (χ0) is 7.68. The van der Waals surface area contributed by atoms with Gasteiger partial charge in [-0.1, -0.05) is 6.92 Å². The van der Waals surface area contributed by atoms with Crippen LogP contribution in [0.5, 0.6) is 0 Å². The van der Waals surface area contributed by atoms with Crippen LogP contribution in [0, 0.1) is 0 Å². The Balaban J connectivity index is 1.41. The van der Waals surface area contributed by atoms with Crippen molar-refractivity contribution < 1.29 is 0 Å². The minimum absolute atomic E-state index is 0.970. The highest BCUT2D eigenvalue weighted by Crippen LogP contribution is 2.43. The highest BCUT2D eigenvalue weighted by atomic mass is 32.2. The maximum absolute atomic E-state index is 2.34. The highest BCUT2D eigenvalue weighted by molar-refractivity contribution is 8.09. The van der Waals surface area contributed by atoms with E-state index in [1.807, 2.05) is 0 Å². The maximum atomic E-state index is 2.34. The second-order valence-corrected chi connectivity index (χ2v) is 7.30. The summed E-state index contributed by atoms with van der Waals surface area (Å²) >= 11 is 6.43. The summed E-state index contributed by atoms with van der Waals surface area (Å²) in [6, 6.07) is 0. The minimum atomic E-state index is 0.970. The molecule has 0 aromatic heterocycles. The van der Waals surface area contributed by atoms with Gasteiger partial charge in [0.2, 0.25) is 0 Å². The fourth-order valence-corrected chi connectivity index (χ4v) is 4.21. The van der Waals surface area contributed by atoms with Gasteiger partial charge in [-0.3, -0.25) is 0 Å². The molecule has 0 bridgehead atoms. The normalized spacial score (nSPS) is 40.6. The first kappa shape index (κ1) is 8.64. The first-order valence-corrected chi connectivity index (χ1v) is 7.35. The number of hydrogen-bond donors (Lipinski definition) is 0. The number of hydrogen-bond acceptors (Lipinski definition) is 3. The van der Waals surface area contributed by atoms with Crippen molar-refractivity contribution in [3.8, 4) is 0 Å². The highest BCUT2D eigenvalue weighted by Gasteiger charge is 2.33. The van der Waals surface area contributed by atoms with Crippen LogP contribution in [-0.2, 0) is 0 Å². The van der Waals surface area contributed by atoms with E-state index in [0.29, 0.717) is 0 Å². The molecule has 2 fully saturated rings. The van der Waals surface area contributed by atoms with Gasteiger partial charge in [0, 0.05) is 27.3 Å². The summed E-state index contributed by atoms with van der Waals surface area (Å²) in [5, 5.41) is 3.02. The van der Waals surface area contributed by atoms with Crippen LogP contribution in [0.25, 0.3) is 0 Å². The first-order chi connectivity index (χ1) is 5.36. The van der Waals surface area contributed by atoms with E-state index in [2.05, 4.69) is 42.2 Å². The van der Waals surface area contributed by atoms with Crippen LogP contribution in [0.1, 0.15) is 13.3 Å². The lowest BCUT2D eigenvalue weighted by atomic mass is 10.4. The predicted molar refractivity (Wildman–Crippen MR) is 59.0 cm³/mol. The fourth-order valence-electron chi connectivity index (χ4n) is 1.05. The third-order valence-electron chi connectivity index (χ3n) is 2.11. The van der Waals surface area contributed by atoms with Crippen molar-refractivity contribution in [2.75, 3.05) is 17.3 Å². The molecule has 0 spiro atoms. The predicted octanol–water partition coefficient (Wildman–Crippen LogP) is 2.73. The molecular formula is C8H14S3. The van der Waals surface area contributed by atoms with E-state index in [1.54, 1.807) is 0 Å². The molecule has 3 atom stereocenters. The van der Waals surface area contributed by atoms with Gasteiger partial charge in [0.1, 0.15) is 0 Å². The van der Waals surface area contributed by atoms with Crippen molar-refractivity contribution in [2.45, 2.75) is 29.1 Å². The summed E-state index contributed by atoms with van der Waals surface area (Å²) in [6.07, 6.45) is 1.46. The molecule has 0 amide bonds. The minimum Gasteiger partial charge on any atom is -0.161 e. The second kappa shape index (κ2) is 3.84. The van der Waals surface area contributed by atoms with Crippen molar-refractivity contribution in [2.24, 2.45) is 0 Å². The zero-order valence-corrected chi connectivity index (χ0v) is 9.23. The van der Waals surface area contributed by atoms with E-state index in [0.717, 1.165) is 15.7 Å². The van der Waals surface area contributed by atoms with Crippen LogP contribution in [0.15, 0.2) is 0 Å². The molecular weight excluding hydrogens is 192 g/mol. The van der Waals surface area contributed by atoms with Crippen molar-refractivity contribution in [3.63, 3.8) is 0 Å². The molecule has 0 N–H and O–H groups in total. The molecule has 0 aliphatic carbocycles. The van der Waals surface area contributed by atoms with E-state index in [1.165, 1.54) is 23.7 Å². The van der Waals surface area contributed by atoms with Crippen molar-refractivity contribution in [1.29, 1.82) is 0 Å². The molecule has 0 saturated carbocycles. The summed E-state index contributed by atoms with van der Waals surface area (Å²) in [5.74, 6) is 4.25. The lowest BCUT2D eigenvalue weighted by Crippen LogP contribution is -1.95. The summed E-state index contributed by atoms with van der Waals surface area (Å²) in [7, 11) is 0. The lowest BCUT2D eigenvalue weighted by Gasteiger charge is -1.96. The first-order valence-electron chi connectivity index (χ1n) is 4.21. The number of thioether (sulfide) groups is 3. The Morgan fingerprint density at radius 2 is 2.27 bits per heavy atom. The molecule has 0 radical (unpaired) electrons. The summed E-state index contributed by atoms with van der Waals surface area (Å²) < 4.78 is 0. The SMILES string of the molecule is CC1SC1CSCCC1CS1. The molecule has 11 heavy (non-hydrogen) atoms. The second-order valence-electron chi connectivity index (χ2n) is 3.20. The van der Waals surface area contributed by atoms with Crippen LogP contribution < -0.4 is 0 Å². The van der Waals surface area contributed by atoms with Gasteiger partial charge in [0.25, 0.3) is 0 Å². The van der Waals surface area contributed by atoms with E-state index in [-0.39, 0.29) is 0 Å². The molecule has 2 aliphatic heterocycles. The van der Waals surface area contributed by atoms with Gasteiger partial charge >= 0.3 is 0 Å². The molecule has 2 aliphatic rings. The summed E-state index contributed by atoms with van der Waals surface area (Å²) in [5.41, 5.74) is 0. The zero-order valence-electron chi connectivity index (χ0n) is 6.79. The van der Waals surface area contributed by atoms with Gasteiger partial charge < -0.3 is 0 Å². The summed E-state index contributed by atoms with van der Waals surface area (Å²) in [4.78, 5) is 0. The molecule has 3 heteroatoms.